The van der Waals surface area contributed by atoms with Crippen LogP contribution in [-0.2, 0) is 0 Å². The minimum Gasteiger partial charge on any atom is -0.0591 e. The highest BCUT2D eigenvalue weighted by Crippen LogP contribution is 2.68. The van der Waals surface area contributed by atoms with Crippen LogP contribution in [0.1, 0.15) is 110 Å². The molecule has 0 radical (unpaired) electrons. The molecule has 0 aromatic carbocycles. The van der Waals surface area contributed by atoms with E-state index in [1.54, 1.807) is 64.2 Å². The predicted molar refractivity (Wildman–Crippen MR) is 106 cm³/mol. The Labute approximate surface area is 156 Å². The molecule has 0 aromatic rings. The highest BCUT2D eigenvalue weighted by molar-refractivity contribution is 5.09. The van der Waals surface area contributed by atoms with Crippen molar-refractivity contribution < 1.29 is 0 Å². The molecule has 0 saturated heterocycles. The second-order valence-corrected chi connectivity index (χ2v) is 11.5. The van der Waals surface area contributed by atoms with Gasteiger partial charge in [0.15, 0.2) is 0 Å². The summed E-state index contributed by atoms with van der Waals surface area (Å²) in [6.45, 7) is 5.51. The fourth-order valence-corrected chi connectivity index (χ4v) is 9.65. The van der Waals surface area contributed by atoms with Gasteiger partial charge in [0.1, 0.15) is 0 Å². The van der Waals surface area contributed by atoms with E-state index in [2.05, 4.69) is 13.8 Å². The third-order valence-electron chi connectivity index (χ3n) is 10.9. The molecule has 0 heteroatoms. The van der Waals surface area contributed by atoms with Crippen LogP contribution in [0.3, 0.4) is 0 Å². The van der Waals surface area contributed by atoms with Gasteiger partial charge in [0.25, 0.3) is 0 Å². The summed E-state index contributed by atoms with van der Waals surface area (Å²) in [5, 5.41) is 0. The molecule has 7 atom stereocenters. The minimum absolute atomic E-state index is 0.723. The first kappa shape index (κ1) is 17.1. The Kier molecular flexibility index (Phi) is 4.29. The Bertz CT molecular complexity index is 488. The van der Waals surface area contributed by atoms with Gasteiger partial charge >= 0.3 is 0 Å². The van der Waals surface area contributed by atoms with Gasteiger partial charge in [-0.25, -0.2) is 0 Å². The van der Waals surface area contributed by atoms with Crippen LogP contribution in [0.5, 0.6) is 0 Å². The van der Waals surface area contributed by atoms with Gasteiger partial charge in [0.2, 0.25) is 0 Å². The van der Waals surface area contributed by atoms with E-state index >= 15 is 0 Å². The van der Waals surface area contributed by atoms with E-state index in [-0.39, 0.29) is 0 Å². The normalized spacial score (nSPS) is 53.8. The molecule has 142 valence electrons. The van der Waals surface area contributed by atoms with E-state index in [1.807, 2.05) is 0 Å². The second-order valence-electron chi connectivity index (χ2n) is 11.5. The van der Waals surface area contributed by atoms with Crippen molar-refractivity contribution in [3.05, 3.63) is 0 Å². The Morgan fingerprint density at radius 1 is 0.520 bits per heavy atom. The SMILES string of the molecule is C[C@]12CCCCC1CC[C@@H]1[C@H]2CC[C@]2(C)C(C3CCCCC3)CC[C@@H]12. The van der Waals surface area contributed by atoms with Gasteiger partial charge in [-0.05, 0) is 97.7 Å². The van der Waals surface area contributed by atoms with E-state index < -0.39 is 0 Å². The molecule has 2 unspecified atom stereocenters. The van der Waals surface area contributed by atoms with Gasteiger partial charge in [-0.3, -0.25) is 0 Å². The molecule has 5 aliphatic carbocycles. The highest BCUT2D eigenvalue weighted by atomic mass is 14.6. The molecule has 0 amide bonds. The van der Waals surface area contributed by atoms with Gasteiger partial charge in [-0.1, -0.05) is 58.8 Å². The Hall–Kier alpha value is 0. The lowest BCUT2D eigenvalue weighted by Gasteiger charge is -2.61. The number of rotatable bonds is 1. The lowest BCUT2D eigenvalue weighted by atomic mass is 9.44. The lowest BCUT2D eigenvalue weighted by Crippen LogP contribution is -2.53. The number of fused-ring (bicyclic) bond motifs is 5. The molecule has 0 bridgehead atoms. The quantitative estimate of drug-likeness (QED) is 0.460. The Balaban J connectivity index is 1.39. The van der Waals surface area contributed by atoms with Crippen molar-refractivity contribution in [1.29, 1.82) is 0 Å². The smallest absolute Gasteiger partial charge is 0.0264 e. The van der Waals surface area contributed by atoms with Crippen molar-refractivity contribution in [2.75, 3.05) is 0 Å². The van der Waals surface area contributed by atoms with Gasteiger partial charge < -0.3 is 0 Å². The molecule has 5 aliphatic rings. The first-order valence-electron chi connectivity index (χ1n) is 12.1. The summed E-state index contributed by atoms with van der Waals surface area (Å²) < 4.78 is 0. The van der Waals surface area contributed by atoms with Crippen molar-refractivity contribution in [3.8, 4) is 0 Å². The lowest BCUT2D eigenvalue weighted by molar-refractivity contribution is -0.115. The van der Waals surface area contributed by atoms with Crippen molar-refractivity contribution in [2.45, 2.75) is 110 Å². The molecule has 0 nitrogen and oxygen atoms in total. The average Bonchev–Trinajstić information content (AvgIpc) is 2.99. The predicted octanol–water partition coefficient (Wildman–Crippen LogP) is 7.62. The van der Waals surface area contributed by atoms with Crippen molar-refractivity contribution in [3.63, 3.8) is 0 Å². The molecule has 0 spiro atoms. The zero-order valence-corrected chi connectivity index (χ0v) is 17.1. The zero-order chi connectivity index (χ0) is 17.1. The van der Waals surface area contributed by atoms with Crippen LogP contribution in [0.2, 0.25) is 0 Å². The molecule has 0 aromatic heterocycles. The summed E-state index contributed by atoms with van der Waals surface area (Å²) in [7, 11) is 0. The molecule has 0 N–H and O–H groups in total. The molecule has 5 rings (SSSR count). The molecule has 5 fully saturated rings. The summed E-state index contributed by atoms with van der Waals surface area (Å²) in [5.41, 5.74) is 1.45. The monoisotopic (exact) mass is 342 g/mol. The summed E-state index contributed by atoms with van der Waals surface area (Å²) in [6, 6.07) is 0. The van der Waals surface area contributed by atoms with Crippen molar-refractivity contribution in [1.82, 2.24) is 0 Å². The number of hydrogen-bond donors (Lipinski definition) is 0. The highest BCUT2D eigenvalue weighted by Gasteiger charge is 2.60. The van der Waals surface area contributed by atoms with Crippen LogP contribution in [0.25, 0.3) is 0 Å². The van der Waals surface area contributed by atoms with Gasteiger partial charge in [-0.2, -0.15) is 0 Å². The Morgan fingerprint density at radius 3 is 2.08 bits per heavy atom. The summed E-state index contributed by atoms with van der Waals surface area (Å²) in [4.78, 5) is 0. The van der Waals surface area contributed by atoms with E-state index in [0.717, 1.165) is 46.3 Å². The van der Waals surface area contributed by atoms with Crippen molar-refractivity contribution in [2.24, 2.45) is 46.3 Å². The molecule has 5 saturated carbocycles. The Morgan fingerprint density at radius 2 is 1.24 bits per heavy atom. The molecular formula is C25H42. The first-order chi connectivity index (χ1) is 12.1. The fraction of sp³-hybridized carbons (Fsp3) is 1.00. The van der Waals surface area contributed by atoms with Crippen LogP contribution in [0, 0.1) is 46.3 Å². The second kappa shape index (κ2) is 6.27. The van der Waals surface area contributed by atoms with Crippen LogP contribution >= 0.6 is 0 Å². The number of hydrogen-bond acceptors (Lipinski definition) is 0. The molecular weight excluding hydrogens is 300 g/mol. The zero-order valence-electron chi connectivity index (χ0n) is 17.1. The average molecular weight is 343 g/mol. The third-order valence-corrected chi connectivity index (χ3v) is 10.9. The molecule has 0 aliphatic heterocycles. The molecule has 0 heterocycles. The van der Waals surface area contributed by atoms with E-state index in [4.69, 9.17) is 0 Å². The van der Waals surface area contributed by atoms with Crippen LogP contribution in [0.15, 0.2) is 0 Å². The minimum atomic E-state index is 0.723. The maximum Gasteiger partial charge on any atom is -0.0264 e. The summed E-state index contributed by atoms with van der Waals surface area (Å²) in [6.07, 6.45) is 23.5. The largest absolute Gasteiger partial charge is 0.0591 e. The summed E-state index contributed by atoms with van der Waals surface area (Å²) in [5.74, 6) is 6.57. The van der Waals surface area contributed by atoms with E-state index in [1.165, 1.54) is 32.1 Å². The van der Waals surface area contributed by atoms with Crippen LogP contribution in [-0.4, -0.2) is 0 Å². The van der Waals surface area contributed by atoms with E-state index in [9.17, 15) is 0 Å². The van der Waals surface area contributed by atoms with Gasteiger partial charge in [0.05, 0.1) is 0 Å². The maximum atomic E-state index is 2.77. The topological polar surface area (TPSA) is 0 Å². The third kappa shape index (κ3) is 2.51. The van der Waals surface area contributed by atoms with Gasteiger partial charge in [-0.15, -0.1) is 0 Å². The van der Waals surface area contributed by atoms with Crippen LogP contribution < -0.4 is 0 Å². The fourth-order valence-electron chi connectivity index (χ4n) is 9.65. The molecule has 25 heavy (non-hydrogen) atoms. The van der Waals surface area contributed by atoms with Crippen molar-refractivity contribution >= 4 is 0 Å². The van der Waals surface area contributed by atoms with Gasteiger partial charge in [0, 0.05) is 0 Å². The summed E-state index contributed by atoms with van der Waals surface area (Å²) >= 11 is 0. The maximum absolute atomic E-state index is 2.77. The van der Waals surface area contributed by atoms with Crippen LogP contribution in [0.4, 0.5) is 0 Å². The standard InChI is InChI=1S/C25H42/c1-24-16-7-6-10-19(24)11-12-20-22-14-13-21(18-8-4-3-5-9-18)25(22,2)17-15-23(20)24/h18-23H,3-17H2,1-2H3/t19?,20-,21?,22-,23+,24-,25+/m0/s1. The van der Waals surface area contributed by atoms with E-state index in [0.29, 0.717) is 0 Å². The first-order valence-corrected chi connectivity index (χ1v) is 12.1.